The van der Waals surface area contributed by atoms with Crippen LogP contribution in [0, 0.1) is 6.92 Å². The maximum Gasteiger partial charge on any atom is 0.159 e. The molecule has 0 amide bonds. The fraction of sp³-hybridized carbons (Fsp3) is 0.238. The number of pyridine rings is 1. The maximum absolute atomic E-state index is 5.45. The number of hydrogen-bond acceptors (Lipinski definition) is 6. The van der Waals surface area contributed by atoms with Crippen molar-refractivity contribution in [3.05, 3.63) is 54.5 Å². The number of anilines is 1. The lowest BCUT2D eigenvalue weighted by Crippen LogP contribution is -2.36. The Balaban J connectivity index is 1.57. The van der Waals surface area contributed by atoms with Crippen molar-refractivity contribution in [1.82, 2.24) is 25.1 Å². The van der Waals surface area contributed by atoms with E-state index in [4.69, 9.17) is 4.74 Å². The summed E-state index contributed by atoms with van der Waals surface area (Å²) in [5.41, 5.74) is 4.84. The van der Waals surface area contributed by atoms with E-state index in [9.17, 15) is 0 Å². The lowest BCUT2D eigenvalue weighted by Gasteiger charge is -2.27. The quantitative estimate of drug-likeness (QED) is 0.595. The molecule has 0 atom stereocenters. The number of nitrogens with zero attached hydrogens (tertiary/aromatic N) is 5. The van der Waals surface area contributed by atoms with Crippen LogP contribution in [0.4, 0.5) is 5.82 Å². The molecule has 0 saturated carbocycles. The van der Waals surface area contributed by atoms with Gasteiger partial charge in [-0.25, -0.2) is 15.0 Å². The second kappa shape index (κ2) is 7.01. The number of nitrogens with one attached hydrogen (secondary N) is 1. The molecule has 0 bridgehead atoms. The highest BCUT2D eigenvalue weighted by atomic mass is 16.5. The number of H-pyrrole nitrogens is 1. The highest BCUT2D eigenvalue weighted by Gasteiger charge is 2.15. The van der Waals surface area contributed by atoms with Crippen LogP contribution in [-0.4, -0.2) is 51.5 Å². The zero-order valence-corrected chi connectivity index (χ0v) is 15.6. The third-order valence-corrected chi connectivity index (χ3v) is 4.97. The molecule has 1 aliphatic rings. The lowest BCUT2D eigenvalue weighted by molar-refractivity contribution is 0.122. The molecule has 4 aromatic rings. The van der Waals surface area contributed by atoms with Gasteiger partial charge < -0.3 is 9.64 Å². The van der Waals surface area contributed by atoms with Crippen molar-refractivity contribution in [1.29, 1.82) is 0 Å². The zero-order valence-electron chi connectivity index (χ0n) is 15.6. The minimum Gasteiger partial charge on any atom is -0.378 e. The van der Waals surface area contributed by atoms with Crippen molar-refractivity contribution in [2.75, 3.05) is 31.2 Å². The molecule has 1 aromatic carbocycles. The van der Waals surface area contributed by atoms with Gasteiger partial charge in [0.05, 0.1) is 18.7 Å². The molecule has 5 rings (SSSR count). The number of morpholine rings is 1. The van der Waals surface area contributed by atoms with Crippen molar-refractivity contribution in [3.63, 3.8) is 0 Å². The van der Waals surface area contributed by atoms with Crippen molar-refractivity contribution in [2.45, 2.75) is 6.92 Å². The maximum atomic E-state index is 5.45. The fourth-order valence-corrected chi connectivity index (χ4v) is 3.49. The number of aromatic amines is 1. The standard InChI is InChI=1S/C21H20N6O/c1-14-4-6-23-21(24-14)16-2-3-18-17(12-16)20(26-25-18)15-5-7-22-19(13-15)27-8-10-28-11-9-27/h2-7,12-13H,8-11H2,1H3,(H,25,26). The first-order chi connectivity index (χ1) is 13.8. The smallest absolute Gasteiger partial charge is 0.159 e. The largest absolute Gasteiger partial charge is 0.378 e. The summed E-state index contributed by atoms with van der Waals surface area (Å²) in [6.07, 6.45) is 3.63. The molecule has 0 aliphatic carbocycles. The Morgan fingerprint density at radius 2 is 1.82 bits per heavy atom. The Morgan fingerprint density at radius 3 is 2.68 bits per heavy atom. The summed E-state index contributed by atoms with van der Waals surface area (Å²) in [6.45, 7) is 5.14. The predicted octanol–water partition coefficient (Wildman–Crippen LogP) is 3.23. The predicted molar refractivity (Wildman–Crippen MR) is 108 cm³/mol. The minimum atomic E-state index is 0.720. The van der Waals surface area contributed by atoms with Gasteiger partial charge in [-0.2, -0.15) is 5.10 Å². The molecule has 1 aliphatic heterocycles. The van der Waals surface area contributed by atoms with Crippen LogP contribution >= 0.6 is 0 Å². The van der Waals surface area contributed by atoms with Crippen LogP contribution in [0.15, 0.2) is 48.8 Å². The molecule has 7 heteroatoms. The van der Waals surface area contributed by atoms with E-state index < -0.39 is 0 Å². The van der Waals surface area contributed by atoms with Gasteiger partial charge in [0, 0.05) is 47.7 Å². The van der Waals surface area contributed by atoms with Crippen molar-refractivity contribution >= 4 is 16.7 Å². The Kier molecular flexibility index (Phi) is 4.21. The number of hydrogen-bond donors (Lipinski definition) is 1. The molecular formula is C21H20N6O. The van der Waals surface area contributed by atoms with Gasteiger partial charge in [-0.1, -0.05) is 0 Å². The normalized spacial score (nSPS) is 14.5. The monoisotopic (exact) mass is 372 g/mol. The summed E-state index contributed by atoms with van der Waals surface area (Å²) in [6, 6.07) is 12.1. The number of ether oxygens (including phenoxy) is 1. The first-order valence-electron chi connectivity index (χ1n) is 9.35. The van der Waals surface area contributed by atoms with E-state index in [1.807, 2.05) is 37.4 Å². The molecule has 3 aromatic heterocycles. The Morgan fingerprint density at radius 1 is 0.964 bits per heavy atom. The zero-order chi connectivity index (χ0) is 18.9. The number of aromatic nitrogens is 5. The number of benzene rings is 1. The molecule has 0 spiro atoms. The van der Waals surface area contributed by atoms with Crippen LogP contribution in [0.3, 0.4) is 0 Å². The van der Waals surface area contributed by atoms with E-state index in [1.165, 1.54) is 0 Å². The molecule has 28 heavy (non-hydrogen) atoms. The number of fused-ring (bicyclic) bond motifs is 1. The summed E-state index contributed by atoms with van der Waals surface area (Å²) in [7, 11) is 0. The van der Waals surface area contributed by atoms with Gasteiger partial charge in [0.1, 0.15) is 11.5 Å². The van der Waals surface area contributed by atoms with Crippen LogP contribution in [0.25, 0.3) is 33.5 Å². The van der Waals surface area contributed by atoms with E-state index >= 15 is 0 Å². The molecule has 0 unspecified atom stereocenters. The number of rotatable bonds is 3. The summed E-state index contributed by atoms with van der Waals surface area (Å²) in [5, 5.41) is 8.74. The third kappa shape index (κ3) is 3.10. The van der Waals surface area contributed by atoms with Gasteiger partial charge in [-0.15, -0.1) is 0 Å². The third-order valence-electron chi connectivity index (χ3n) is 4.97. The van der Waals surface area contributed by atoms with Gasteiger partial charge in [-0.05, 0) is 43.3 Å². The molecule has 7 nitrogen and oxygen atoms in total. The average Bonchev–Trinajstić information content (AvgIpc) is 3.18. The summed E-state index contributed by atoms with van der Waals surface area (Å²) in [4.78, 5) is 15.7. The van der Waals surface area contributed by atoms with Gasteiger partial charge in [0.25, 0.3) is 0 Å². The van der Waals surface area contributed by atoms with Crippen molar-refractivity contribution in [3.8, 4) is 22.6 Å². The fourth-order valence-electron chi connectivity index (χ4n) is 3.49. The van der Waals surface area contributed by atoms with E-state index in [1.54, 1.807) is 6.20 Å². The highest BCUT2D eigenvalue weighted by Crippen LogP contribution is 2.30. The Bertz CT molecular complexity index is 1130. The van der Waals surface area contributed by atoms with Gasteiger partial charge in [0.2, 0.25) is 0 Å². The second-order valence-corrected chi connectivity index (χ2v) is 6.86. The SMILES string of the molecule is Cc1ccnc(-c2ccc3[nH]nc(-c4ccnc(N5CCOCC5)c4)c3c2)n1. The van der Waals surface area contributed by atoms with Crippen LogP contribution in [0.2, 0.25) is 0 Å². The van der Waals surface area contributed by atoms with E-state index in [0.29, 0.717) is 0 Å². The molecule has 0 radical (unpaired) electrons. The average molecular weight is 372 g/mol. The van der Waals surface area contributed by atoms with Gasteiger partial charge in [-0.3, -0.25) is 5.10 Å². The van der Waals surface area contributed by atoms with Crippen LogP contribution in [0.1, 0.15) is 5.69 Å². The summed E-state index contributed by atoms with van der Waals surface area (Å²) in [5.74, 6) is 1.67. The summed E-state index contributed by atoms with van der Waals surface area (Å²) < 4.78 is 5.45. The molecule has 1 fully saturated rings. The van der Waals surface area contributed by atoms with Gasteiger partial charge in [0.15, 0.2) is 5.82 Å². The highest BCUT2D eigenvalue weighted by molar-refractivity contribution is 5.95. The molecule has 4 heterocycles. The number of aryl methyl sites for hydroxylation is 1. The van der Waals surface area contributed by atoms with Gasteiger partial charge >= 0.3 is 0 Å². The van der Waals surface area contributed by atoms with Crippen LogP contribution < -0.4 is 4.90 Å². The first kappa shape index (κ1) is 16.8. The summed E-state index contributed by atoms with van der Waals surface area (Å²) >= 11 is 0. The Hall–Kier alpha value is -3.32. The molecule has 1 saturated heterocycles. The van der Waals surface area contributed by atoms with E-state index in [2.05, 4.69) is 42.2 Å². The van der Waals surface area contributed by atoms with Crippen LogP contribution in [-0.2, 0) is 4.74 Å². The topological polar surface area (TPSA) is 79.8 Å². The van der Waals surface area contributed by atoms with Crippen molar-refractivity contribution < 1.29 is 4.74 Å². The van der Waals surface area contributed by atoms with E-state index in [0.717, 1.165) is 71.4 Å². The molecule has 140 valence electrons. The lowest BCUT2D eigenvalue weighted by atomic mass is 10.1. The van der Waals surface area contributed by atoms with E-state index in [-0.39, 0.29) is 0 Å². The molecule has 1 N–H and O–H groups in total. The molecular weight excluding hydrogens is 352 g/mol. The van der Waals surface area contributed by atoms with Crippen molar-refractivity contribution in [2.24, 2.45) is 0 Å². The first-order valence-corrected chi connectivity index (χ1v) is 9.35. The minimum absolute atomic E-state index is 0.720. The Labute approximate surface area is 162 Å². The second-order valence-electron chi connectivity index (χ2n) is 6.86. The van der Waals surface area contributed by atoms with Crippen LogP contribution in [0.5, 0.6) is 0 Å².